The summed E-state index contributed by atoms with van der Waals surface area (Å²) in [7, 11) is 0. The Hall–Kier alpha value is -2.09. The molecule has 0 saturated heterocycles. The lowest BCUT2D eigenvalue weighted by Gasteiger charge is -2.25. The lowest BCUT2D eigenvalue weighted by atomic mass is 9.85. The molecule has 1 atom stereocenters. The van der Waals surface area contributed by atoms with Crippen molar-refractivity contribution in [3.8, 4) is 5.75 Å². The standard InChI is InChI=1S/C16H14O2/c1-11-6-5-9-13-14(10-15(17)18-16(11)13)12-7-3-2-4-8-12/h2-9,14H,10H2,1H3/t14-/m1/s1. The van der Waals surface area contributed by atoms with Crippen molar-refractivity contribution in [1.29, 1.82) is 0 Å². The van der Waals surface area contributed by atoms with Gasteiger partial charge in [-0.15, -0.1) is 0 Å². The first-order valence-corrected chi connectivity index (χ1v) is 6.11. The normalized spacial score (nSPS) is 18.1. The monoisotopic (exact) mass is 238 g/mol. The van der Waals surface area contributed by atoms with Crippen LogP contribution >= 0.6 is 0 Å². The van der Waals surface area contributed by atoms with Gasteiger partial charge in [0.25, 0.3) is 0 Å². The van der Waals surface area contributed by atoms with Crippen molar-refractivity contribution >= 4 is 5.97 Å². The van der Waals surface area contributed by atoms with E-state index >= 15 is 0 Å². The molecule has 3 rings (SSSR count). The lowest BCUT2D eigenvalue weighted by Crippen LogP contribution is -2.21. The summed E-state index contributed by atoms with van der Waals surface area (Å²) in [5, 5.41) is 0. The van der Waals surface area contributed by atoms with Crippen molar-refractivity contribution in [2.45, 2.75) is 19.3 Å². The molecule has 0 amide bonds. The summed E-state index contributed by atoms with van der Waals surface area (Å²) >= 11 is 0. The molecular weight excluding hydrogens is 224 g/mol. The highest BCUT2D eigenvalue weighted by Gasteiger charge is 2.28. The van der Waals surface area contributed by atoms with Crippen LogP contribution in [-0.4, -0.2) is 5.97 Å². The SMILES string of the molecule is Cc1cccc2c1OC(=O)C[C@@H]2c1ccccc1. The maximum atomic E-state index is 11.7. The Morgan fingerprint density at radius 3 is 2.61 bits per heavy atom. The first kappa shape index (κ1) is 11.0. The average Bonchev–Trinajstić information content (AvgIpc) is 2.40. The van der Waals surface area contributed by atoms with E-state index < -0.39 is 0 Å². The van der Waals surface area contributed by atoms with E-state index in [4.69, 9.17) is 4.74 Å². The fourth-order valence-electron chi connectivity index (χ4n) is 2.50. The van der Waals surface area contributed by atoms with Crippen molar-refractivity contribution in [3.05, 3.63) is 65.2 Å². The molecular formula is C16H14O2. The summed E-state index contributed by atoms with van der Waals surface area (Å²) < 4.78 is 5.38. The minimum atomic E-state index is -0.148. The number of benzene rings is 2. The topological polar surface area (TPSA) is 26.3 Å². The molecule has 18 heavy (non-hydrogen) atoms. The van der Waals surface area contributed by atoms with E-state index in [9.17, 15) is 4.79 Å². The molecule has 1 aliphatic heterocycles. The molecule has 2 heteroatoms. The van der Waals surface area contributed by atoms with Gasteiger partial charge in [-0.1, -0.05) is 48.5 Å². The van der Waals surface area contributed by atoms with Gasteiger partial charge in [-0.05, 0) is 18.1 Å². The van der Waals surface area contributed by atoms with E-state index in [1.807, 2.05) is 43.3 Å². The quantitative estimate of drug-likeness (QED) is 0.562. The molecule has 0 N–H and O–H groups in total. The number of carbonyl (C=O) groups excluding carboxylic acids is 1. The van der Waals surface area contributed by atoms with Crippen LogP contribution in [0.4, 0.5) is 0 Å². The summed E-state index contributed by atoms with van der Waals surface area (Å²) in [5.74, 6) is 0.704. The summed E-state index contributed by atoms with van der Waals surface area (Å²) in [6, 6.07) is 16.2. The van der Waals surface area contributed by atoms with Crippen LogP contribution in [0.5, 0.6) is 5.75 Å². The van der Waals surface area contributed by atoms with E-state index in [1.165, 1.54) is 5.56 Å². The molecule has 2 aromatic carbocycles. The Bertz CT molecular complexity index is 587. The highest BCUT2D eigenvalue weighted by atomic mass is 16.5. The smallest absolute Gasteiger partial charge is 0.312 e. The lowest BCUT2D eigenvalue weighted by molar-refractivity contribution is -0.135. The van der Waals surface area contributed by atoms with Crippen LogP contribution in [0.1, 0.15) is 29.0 Å². The van der Waals surface area contributed by atoms with Gasteiger partial charge in [-0.3, -0.25) is 4.79 Å². The minimum Gasteiger partial charge on any atom is -0.426 e. The minimum absolute atomic E-state index is 0.113. The zero-order valence-corrected chi connectivity index (χ0v) is 10.2. The molecule has 2 aromatic rings. The molecule has 0 spiro atoms. The Morgan fingerprint density at radius 2 is 1.83 bits per heavy atom. The zero-order chi connectivity index (χ0) is 12.5. The zero-order valence-electron chi connectivity index (χ0n) is 10.2. The van der Waals surface area contributed by atoms with Crippen LogP contribution < -0.4 is 4.74 Å². The molecule has 2 nitrogen and oxygen atoms in total. The second kappa shape index (κ2) is 4.30. The van der Waals surface area contributed by atoms with Crippen molar-refractivity contribution in [2.24, 2.45) is 0 Å². The van der Waals surface area contributed by atoms with Crippen molar-refractivity contribution in [1.82, 2.24) is 0 Å². The van der Waals surface area contributed by atoms with E-state index in [1.54, 1.807) is 0 Å². The van der Waals surface area contributed by atoms with Gasteiger partial charge >= 0.3 is 5.97 Å². The average molecular weight is 238 g/mol. The third kappa shape index (κ3) is 1.80. The molecule has 1 aliphatic rings. The van der Waals surface area contributed by atoms with Gasteiger partial charge in [-0.25, -0.2) is 0 Å². The maximum absolute atomic E-state index is 11.7. The molecule has 0 radical (unpaired) electrons. The Labute approximate surface area is 106 Å². The van der Waals surface area contributed by atoms with E-state index in [0.717, 1.165) is 16.9 Å². The molecule has 0 aromatic heterocycles. The molecule has 0 saturated carbocycles. The summed E-state index contributed by atoms with van der Waals surface area (Å²) in [4.78, 5) is 11.7. The van der Waals surface area contributed by atoms with E-state index in [0.29, 0.717) is 6.42 Å². The predicted octanol–water partition coefficient (Wildman–Crippen LogP) is 3.44. The molecule has 90 valence electrons. The first-order chi connectivity index (χ1) is 8.75. The molecule has 0 unspecified atom stereocenters. The number of aryl methyl sites for hydroxylation is 1. The van der Waals surface area contributed by atoms with Gasteiger partial charge < -0.3 is 4.74 Å². The summed E-state index contributed by atoms with van der Waals surface area (Å²) in [6.07, 6.45) is 0.417. The van der Waals surface area contributed by atoms with Crippen LogP contribution in [0.2, 0.25) is 0 Å². The molecule has 0 bridgehead atoms. The number of rotatable bonds is 1. The van der Waals surface area contributed by atoms with Crippen LogP contribution in [0.25, 0.3) is 0 Å². The molecule has 1 heterocycles. The summed E-state index contributed by atoms with van der Waals surface area (Å²) in [5.41, 5.74) is 3.29. The second-order valence-electron chi connectivity index (χ2n) is 4.63. The molecule has 0 aliphatic carbocycles. The van der Waals surface area contributed by atoms with Crippen LogP contribution in [0.15, 0.2) is 48.5 Å². The third-order valence-electron chi connectivity index (χ3n) is 3.41. The second-order valence-corrected chi connectivity index (χ2v) is 4.63. The number of para-hydroxylation sites is 1. The highest BCUT2D eigenvalue weighted by Crippen LogP contribution is 2.40. The van der Waals surface area contributed by atoms with Crippen molar-refractivity contribution in [3.63, 3.8) is 0 Å². The van der Waals surface area contributed by atoms with Gasteiger partial charge in [-0.2, -0.15) is 0 Å². The van der Waals surface area contributed by atoms with Gasteiger partial charge in [0.15, 0.2) is 0 Å². The van der Waals surface area contributed by atoms with Crippen molar-refractivity contribution in [2.75, 3.05) is 0 Å². The fourth-order valence-corrected chi connectivity index (χ4v) is 2.50. The van der Waals surface area contributed by atoms with Gasteiger partial charge in [0.05, 0.1) is 6.42 Å². The summed E-state index contributed by atoms with van der Waals surface area (Å²) in [6.45, 7) is 1.97. The predicted molar refractivity (Wildman–Crippen MR) is 69.7 cm³/mol. The van der Waals surface area contributed by atoms with Crippen LogP contribution in [-0.2, 0) is 4.79 Å². The number of carbonyl (C=O) groups is 1. The van der Waals surface area contributed by atoms with Crippen molar-refractivity contribution < 1.29 is 9.53 Å². The van der Waals surface area contributed by atoms with E-state index in [2.05, 4.69) is 12.1 Å². The van der Waals surface area contributed by atoms with Gasteiger partial charge in [0.1, 0.15) is 5.75 Å². The number of hydrogen-bond donors (Lipinski definition) is 0. The highest BCUT2D eigenvalue weighted by molar-refractivity contribution is 5.78. The Morgan fingerprint density at radius 1 is 1.06 bits per heavy atom. The number of fused-ring (bicyclic) bond motifs is 1. The number of ether oxygens (including phenoxy) is 1. The third-order valence-corrected chi connectivity index (χ3v) is 3.41. The maximum Gasteiger partial charge on any atom is 0.312 e. The number of esters is 1. The fraction of sp³-hybridized carbons (Fsp3) is 0.188. The van der Waals surface area contributed by atoms with Gasteiger partial charge in [0.2, 0.25) is 0 Å². The van der Waals surface area contributed by atoms with E-state index in [-0.39, 0.29) is 11.9 Å². The molecule has 0 fully saturated rings. The Balaban J connectivity index is 2.14. The number of hydrogen-bond acceptors (Lipinski definition) is 2. The van der Waals surface area contributed by atoms with Gasteiger partial charge in [0, 0.05) is 11.5 Å². The van der Waals surface area contributed by atoms with Crippen LogP contribution in [0.3, 0.4) is 0 Å². The Kier molecular flexibility index (Phi) is 2.63. The van der Waals surface area contributed by atoms with Crippen LogP contribution in [0, 0.1) is 6.92 Å². The first-order valence-electron chi connectivity index (χ1n) is 6.11. The largest absolute Gasteiger partial charge is 0.426 e.